The first-order valence-corrected chi connectivity index (χ1v) is 14.2. The Kier molecular flexibility index (Phi) is 7.66. The van der Waals surface area contributed by atoms with Crippen LogP contribution in [-0.4, -0.2) is 60.9 Å². The number of rotatable bonds is 9. The van der Waals surface area contributed by atoms with Gasteiger partial charge in [0.25, 0.3) is 11.8 Å². The van der Waals surface area contributed by atoms with Crippen molar-refractivity contribution in [1.82, 2.24) is 20.4 Å². The Balaban J connectivity index is 1.20. The normalized spacial score (nSPS) is 18.7. The summed E-state index contributed by atoms with van der Waals surface area (Å²) in [7, 11) is 0. The number of ether oxygens (including phenoxy) is 1. The number of amides is 2. The lowest BCUT2D eigenvalue weighted by Crippen LogP contribution is -2.70. The van der Waals surface area contributed by atoms with Crippen LogP contribution < -0.4 is 10.1 Å². The Morgan fingerprint density at radius 3 is 2.87 bits per heavy atom. The van der Waals surface area contributed by atoms with Gasteiger partial charge in [-0.2, -0.15) is 0 Å². The third kappa shape index (κ3) is 5.39. The first-order chi connectivity index (χ1) is 18.2. The third-order valence-corrected chi connectivity index (χ3v) is 9.26. The summed E-state index contributed by atoms with van der Waals surface area (Å²) in [6.45, 7) is 1.77. The number of nitrogens with zero attached hydrogens (tertiary/aromatic N) is 3. The molecule has 0 bridgehead atoms. The number of fused-ring (bicyclic) bond motifs is 1. The molecule has 2 aliphatic heterocycles. The maximum atomic E-state index is 13.2. The third-order valence-electron chi connectivity index (χ3n) is 5.56. The molecule has 1 fully saturated rings. The quantitative estimate of drug-likeness (QED) is 0.276. The van der Waals surface area contributed by atoms with Crippen LogP contribution >= 0.6 is 46.5 Å². The van der Waals surface area contributed by atoms with Gasteiger partial charge in [0.1, 0.15) is 46.1 Å². The van der Waals surface area contributed by atoms with Gasteiger partial charge in [0.2, 0.25) is 0 Å². The molecule has 0 aliphatic carbocycles. The molecule has 1 aromatic carbocycles. The van der Waals surface area contributed by atoms with E-state index in [4.69, 9.17) is 20.8 Å². The highest BCUT2D eigenvalue weighted by Gasteiger charge is 2.54. The molecule has 2 aliphatic rings. The van der Waals surface area contributed by atoms with Crippen molar-refractivity contribution in [2.75, 3.05) is 11.5 Å². The van der Waals surface area contributed by atoms with E-state index in [0.717, 1.165) is 15.4 Å². The molecule has 0 radical (unpaired) electrons. The van der Waals surface area contributed by atoms with Gasteiger partial charge in [-0.05, 0) is 42.8 Å². The number of carboxylic acid groups (broad SMARTS) is 1. The first kappa shape index (κ1) is 26.5. The zero-order valence-corrected chi connectivity index (χ0v) is 22.7. The van der Waals surface area contributed by atoms with Crippen LogP contribution in [0.15, 0.2) is 50.4 Å². The number of furan rings is 1. The summed E-state index contributed by atoms with van der Waals surface area (Å²) in [6.07, 6.45) is 0. The smallest absolute Gasteiger partial charge is 0.352 e. The average molecular weight is 597 g/mol. The van der Waals surface area contributed by atoms with Crippen LogP contribution in [-0.2, 0) is 16.2 Å². The molecule has 2 amide bonds. The van der Waals surface area contributed by atoms with Crippen LogP contribution in [0.4, 0.5) is 4.39 Å². The Morgan fingerprint density at radius 2 is 2.16 bits per heavy atom. The van der Waals surface area contributed by atoms with Gasteiger partial charge in [-0.25, -0.2) is 9.18 Å². The lowest BCUT2D eigenvalue weighted by atomic mass is 10.0. The summed E-state index contributed by atoms with van der Waals surface area (Å²) < 4.78 is 24.9. The SMILES string of the molecule is Cc1nnc(SCC2=C(C(=O)O)N3C(=O)C(NC(=O)c4ccc(COc5ccc(F)cc5Cl)o4)C3SC2)s1. The van der Waals surface area contributed by atoms with Crippen molar-refractivity contribution < 1.29 is 33.0 Å². The number of thioether (sulfide) groups is 2. The van der Waals surface area contributed by atoms with E-state index < -0.39 is 35.0 Å². The highest BCUT2D eigenvalue weighted by Crippen LogP contribution is 2.42. The Bertz CT molecular complexity index is 1460. The van der Waals surface area contributed by atoms with Gasteiger partial charge in [0.05, 0.1) is 5.02 Å². The van der Waals surface area contributed by atoms with Crippen LogP contribution in [0.5, 0.6) is 5.75 Å². The molecule has 38 heavy (non-hydrogen) atoms. The number of carbonyl (C=O) groups is 3. The van der Waals surface area contributed by atoms with Gasteiger partial charge in [-0.3, -0.25) is 14.5 Å². The molecule has 2 atom stereocenters. The molecule has 15 heteroatoms. The molecule has 198 valence electrons. The van der Waals surface area contributed by atoms with E-state index in [1.54, 1.807) is 0 Å². The maximum absolute atomic E-state index is 13.2. The average Bonchev–Trinajstić information content (AvgIpc) is 3.53. The minimum atomic E-state index is -1.20. The summed E-state index contributed by atoms with van der Waals surface area (Å²) >= 11 is 10.1. The maximum Gasteiger partial charge on any atom is 0.352 e. The monoisotopic (exact) mass is 596 g/mol. The molecule has 2 aromatic heterocycles. The van der Waals surface area contributed by atoms with Gasteiger partial charge in [0.15, 0.2) is 10.1 Å². The molecular formula is C23H18ClFN4O6S3. The summed E-state index contributed by atoms with van der Waals surface area (Å²) in [5.74, 6) is -1.56. The Morgan fingerprint density at radius 1 is 1.34 bits per heavy atom. The van der Waals surface area contributed by atoms with Crippen molar-refractivity contribution in [3.8, 4) is 5.75 Å². The number of carboxylic acids is 1. The van der Waals surface area contributed by atoms with E-state index in [1.165, 1.54) is 64.0 Å². The highest BCUT2D eigenvalue weighted by atomic mass is 35.5. The Hall–Kier alpha value is -3.07. The predicted molar refractivity (Wildman–Crippen MR) is 139 cm³/mol. The van der Waals surface area contributed by atoms with E-state index in [-0.39, 0.29) is 28.8 Å². The number of benzene rings is 1. The van der Waals surface area contributed by atoms with Crippen molar-refractivity contribution in [2.45, 2.75) is 29.3 Å². The van der Waals surface area contributed by atoms with Crippen LogP contribution in [0.2, 0.25) is 5.02 Å². The topological polar surface area (TPSA) is 135 Å². The van der Waals surface area contributed by atoms with E-state index in [9.17, 15) is 23.9 Å². The van der Waals surface area contributed by atoms with Crippen molar-refractivity contribution >= 4 is 64.2 Å². The minimum absolute atomic E-state index is 0.0423. The van der Waals surface area contributed by atoms with Gasteiger partial charge in [0, 0.05) is 11.5 Å². The summed E-state index contributed by atoms with van der Waals surface area (Å²) in [6, 6.07) is 5.77. The molecule has 10 nitrogen and oxygen atoms in total. The van der Waals surface area contributed by atoms with Crippen molar-refractivity contribution in [1.29, 1.82) is 0 Å². The summed E-state index contributed by atoms with van der Waals surface area (Å²) in [5, 5.41) is 20.8. The number of aliphatic carboxylic acids is 1. The Labute approximate surface area is 232 Å². The molecule has 3 aromatic rings. The van der Waals surface area contributed by atoms with Crippen LogP contribution in [0.25, 0.3) is 0 Å². The molecule has 0 spiro atoms. The molecule has 0 saturated carbocycles. The number of carbonyl (C=O) groups excluding carboxylic acids is 2. The minimum Gasteiger partial charge on any atom is -0.484 e. The van der Waals surface area contributed by atoms with Crippen molar-refractivity contribution in [3.63, 3.8) is 0 Å². The van der Waals surface area contributed by atoms with Crippen molar-refractivity contribution in [2.24, 2.45) is 0 Å². The molecule has 4 heterocycles. The van der Waals surface area contributed by atoms with Gasteiger partial charge < -0.3 is 19.6 Å². The second-order valence-corrected chi connectivity index (χ2v) is 12.0. The fourth-order valence-corrected chi connectivity index (χ4v) is 7.33. The zero-order valence-electron chi connectivity index (χ0n) is 19.5. The predicted octanol–water partition coefficient (Wildman–Crippen LogP) is 3.96. The van der Waals surface area contributed by atoms with E-state index in [1.807, 2.05) is 6.92 Å². The largest absolute Gasteiger partial charge is 0.484 e. The molecule has 2 N–H and O–H groups in total. The van der Waals surface area contributed by atoms with E-state index >= 15 is 0 Å². The van der Waals surface area contributed by atoms with Crippen molar-refractivity contribution in [3.05, 3.63) is 69.0 Å². The fraction of sp³-hybridized carbons (Fsp3) is 0.261. The molecular weight excluding hydrogens is 579 g/mol. The summed E-state index contributed by atoms with van der Waals surface area (Å²) in [4.78, 5) is 38.9. The fourth-order valence-electron chi connectivity index (χ4n) is 3.81. The van der Waals surface area contributed by atoms with Gasteiger partial charge in [-0.15, -0.1) is 22.0 Å². The molecule has 5 rings (SSSR count). The van der Waals surface area contributed by atoms with E-state index in [0.29, 0.717) is 22.8 Å². The highest BCUT2D eigenvalue weighted by molar-refractivity contribution is 8.01. The first-order valence-electron chi connectivity index (χ1n) is 11.0. The number of nitrogens with one attached hydrogen (secondary N) is 1. The number of β-lactam (4-membered cyclic amide) rings is 1. The number of hydrogen-bond acceptors (Lipinski definition) is 10. The number of hydrogen-bond donors (Lipinski definition) is 2. The number of aryl methyl sites for hydroxylation is 1. The van der Waals surface area contributed by atoms with Gasteiger partial charge in [-0.1, -0.05) is 34.7 Å². The second-order valence-electron chi connectivity index (χ2n) is 8.12. The second kappa shape index (κ2) is 11.0. The lowest BCUT2D eigenvalue weighted by Gasteiger charge is -2.49. The summed E-state index contributed by atoms with van der Waals surface area (Å²) in [5.41, 5.74) is 0.543. The number of halogens is 2. The van der Waals surface area contributed by atoms with Crippen LogP contribution in [0, 0.1) is 12.7 Å². The van der Waals surface area contributed by atoms with E-state index in [2.05, 4.69) is 15.5 Å². The standard InChI is InChI=1S/C23H18ClFN4O6S3/c1-10-27-28-23(38-10)37-9-11-8-36-21-17(20(31)29(21)18(11)22(32)33)26-19(30)16-5-3-13(35-16)7-34-15-4-2-12(25)6-14(15)24/h2-6,17,21H,7-9H2,1H3,(H,26,30)(H,32,33). The van der Waals surface area contributed by atoms with Crippen LogP contribution in [0.1, 0.15) is 21.3 Å². The molecule has 2 unspecified atom stereocenters. The number of aromatic nitrogens is 2. The zero-order chi connectivity index (χ0) is 27.0. The molecule has 1 saturated heterocycles. The van der Waals surface area contributed by atoms with Crippen LogP contribution in [0.3, 0.4) is 0 Å². The van der Waals surface area contributed by atoms with Gasteiger partial charge >= 0.3 is 5.97 Å². The lowest BCUT2D eigenvalue weighted by molar-refractivity contribution is -0.148.